The molecule has 1 N–H and O–H groups in total. The second-order valence-corrected chi connectivity index (χ2v) is 4.69. The molecule has 1 aliphatic carbocycles. The Kier molecular flexibility index (Phi) is 2.97. The third kappa shape index (κ3) is 2.25. The van der Waals surface area contributed by atoms with Crippen LogP contribution in [0, 0.1) is 0 Å². The maximum absolute atomic E-state index is 11.0. The van der Waals surface area contributed by atoms with E-state index < -0.39 is 0 Å². The van der Waals surface area contributed by atoms with Crippen molar-refractivity contribution < 1.29 is 4.79 Å². The molecule has 0 heterocycles. The van der Waals surface area contributed by atoms with Gasteiger partial charge in [-0.05, 0) is 50.2 Å². The highest BCUT2D eigenvalue weighted by Gasteiger charge is 2.22. The number of hydrogen-bond acceptors (Lipinski definition) is 2. The van der Waals surface area contributed by atoms with Crippen LogP contribution in [0.1, 0.15) is 18.1 Å². The summed E-state index contributed by atoms with van der Waals surface area (Å²) in [6.45, 7) is 1.54. The normalized spacial score (nSPS) is 18.6. The Morgan fingerprint density at radius 2 is 2.00 bits per heavy atom. The van der Waals surface area contributed by atoms with E-state index in [2.05, 4.69) is 36.4 Å². The highest BCUT2D eigenvalue weighted by atomic mass is 16.1. The summed E-state index contributed by atoms with van der Waals surface area (Å²) >= 11 is 0. The van der Waals surface area contributed by atoms with Crippen LogP contribution in [-0.2, 0) is 17.6 Å². The number of likely N-dealkylation sites (N-methyl/N-ethyl adjacent to an activating group) is 1. The van der Waals surface area contributed by atoms with Crippen molar-refractivity contribution in [3.05, 3.63) is 29.3 Å². The number of fused-ring (bicyclic) bond motifs is 1. The summed E-state index contributed by atoms with van der Waals surface area (Å²) in [6, 6.07) is 6.81. The topological polar surface area (TPSA) is 32.3 Å². The molecule has 1 atom stereocenters. The van der Waals surface area contributed by atoms with E-state index in [1.165, 1.54) is 18.1 Å². The van der Waals surface area contributed by atoms with Crippen LogP contribution in [-0.4, -0.2) is 30.9 Å². The van der Waals surface area contributed by atoms with E-state index >= 15 is 0 Å². The number of carbonyl (C=O) groups is 1. The van der Waals surface area contributed by atoms with E-state index in [-0.39, 0.29) is 5.91 Å². The number of rotatable bonds is 2. The molecule has 2 rings (SSSR count). The van der Waals surface area contributed by atoms with Crippen LogP contribution in [0.2, 0.25) is 0 Å². The van der Waals surface area contributed by atoms with Gasteiger partial charge in [0.15, 0.2) is 0 Å². The first kappa shape index (κ1) is 11.1. The Hall–Kier alpha value is -1.35. The number of nitrogens with one attached hydrogen (secondary N) is 1. The fourth-order valence-corrected chi connectivity index (χ4v) is 2.24. The quantitative estimate of drug-likeness (QED) is 0.819. The van der Waals surface area contributed by atoms with E-state index in [1.54, 1.807) is 0 Å². The predicted molar refractivity (Wildman–Crippen MR) is 65.6 cm³/mol. The van der Waals surface area contributed by atoms with Gasteiger partial charge in [0.2, 0.25) is 5.91 Å². The molecule has 0 fully saturated rings. The highest BCUT2D eigenvalue weighted by molar-refractivity contribution is 5.88. The fraction of sp³-hybridized carbons (Fsp3) is 0.462. The lowest BCUT2D eigenvalue weighted by atomic mass is 10.1. The van der Waals surface area contributed by atoms with Crippen LogP contribution in [0.5, 0.6) is 0 Å². The summed E-state index contributed by atoms with van der Waals surface area (Å²) in [4.78, 5) is 13.2. The average molecular weight is 218 g/mol. The molecule has 1 aromatic rings. The number of anilines is 1. The first-order valence-corrected chi connectivity index (χ1v) is 5.62. The molecule has 0 aliphatic heterocycles. The zero-order valence-corrected chi connectivity index (χ0v) is 10.1. The van der Waals surface area contributed by atoms with Gasteiger partial charge in [-0.15, -0.1) is 0 Å². The molecule has 0 spiro atoms. The number of hydrogen-bond donors (Lipinski definition) is 1. The van der Waals surface area contributed by atoms with Crippen LogP contribution >= 0.6 is 0 Å². The van der Waals surface area contributed by atoms with Gasteiger partial charge in [-0.1, -0.05) is 6.07 Å². The zero-order chi connectivity index (χ0) is 11.7. The summed E-state index contributed by atoms with van der Waals surface area (Å²) in [5, 5.41) is 2.83. The molecule has 0 bridgehead atoms. The molecule has 0 saturated carbocycles. The first-order valence-electron chi connectivity index (χ1n) is 5.62. The van der Waals surface area contributed by atoms with Gasteiger partial charge in [0.25, 0.3) is 0 Å². The van der Waals surface area contributed by atoms with E-state index in [0.717, 1.165) is 18.5 Å². The molecule has 1 amide bonds. The van der Waals surface area contributed by atoms with Crippen molar-refractivity contribution in [3.8, 4) is 0 Å². The molecule has 0 saturated heterocycles. The molecule has 1 aliphatic rings. The lowest BCUT2D eigenvalue weighted by Crippen LogP contribution is -2.27. The van der Waals surface area contributed by atoms with E-state index in [4.69, 9.17) is 0 Å². The van der Waals surface area contributed by atoms with Crippen LogP contribution < -0.4 is 5.32 Å². The third-order valence-corrected chi connectivity index (χ3v) is 3.17. The number of benzene rings is 1. The summed E-state index contributed by atoms with van der Waals surface area (Å²) in [6.07, 6.45) is 2.19. The smallest absolute Gasteiger partial charge is 0.221 e. The van der Waals surface area contributed by atoms with E-state index in [9.17, 15) is 4.79 Å². The van der Waals surface area contributed by atoms with Crippen LogP contribution in [0.4, 0.5) is 5.69 Å². The largest absolute Gasteiger partial charge is 0.326 e. The summed E-state index contributed by atoms with van der Waals surface area (Å²) in [5.41, 5.74) is 3.68. The van der Waals surface area contributed by atoms with E-state index in [0.29, 0.717) is 6.04 Å². The number of carbonyl (C=O) groups excluding carboxylic acids is 1. The molecule has 3 heteroatoms. The monoisotopic (exact) mass is 218 g/mol. The van der Waals surface area contributed by atoms with Gasteiger partial charge < -0.3 is 10.2 Å². The standard InChI is InChI=1S/C13H18N2O/c1-9(16)14-12-5-4-10-7-13(15(2)3)8-11(10)6-12/h4-6,13H,7-8H2,1-3H3,(H,14,16)/t13-/m0/s1. The minimum atomic E-state index is -0.0119. The van der Waals surface area contributed by atoms with Crippen molar-refractivity contribution in [2.45, 2.75) is 25.8 Å². The Balaban J connectivity index is 2.17. The number of amides is 1. The predicted octanol–water partition coefficient (Wildman–Crippen LogP) is 1.67. The molecule has 0 aromatic heterocycles. The molecular weight excluding hydrogens is 200 g/mol. The Morgan fingerprint density at radius 3 is 2.62 bits per heavy atom. The fourth-order valence-electron chi connectivity index (χ4n) is 2.24. The van der Waals surface area contributed by atoms with Gasteiger partial charge in [0, 0.05) is 18.7 Å². The molecule has 3 nitrogen and oxygen atoms in total. The minimum Gasteiger partial charge on any atom is -0.326 e. The van der Waals surface area contributed by atoms with Crippen molar-refractivity contribution in [2.75, 3.05) is 19.4 Å². The molecule has 0 radical (unpaired) electrons. The maximum atomic E-state index is 11.0. The van der Waals surface area contributed by atoms with Crippen molar-refractivity contribution in [2.24, 2.45) is 0 Å². The molecule has 16 heavy (non-hydrogen) atoms. The molecular formula is C13H18N2O. The van der Waals surface area contributed by atoms with Gasteiger partial charge in [-0.2, -0.15) is 0 Å². The van der Waals surface area contributed by atoms with Gasteiger partial charge in [0.1, 0.15) is 0 Å². The Morgan fingerprint density at radius 1 is 1.31 bits per heavy atom. The van der Waals surface area contributed by atoms with Crippen molar-refractivity contribution >= 4 is 11.6 Å². The van der Waals surface area contributed by atoms with Crippen molar-refractivity contribution in [1.29, 1.82) is 0 Å². The lowest BCUT2D eigenvalue weighted by Gasteiger charge is -2.17. The number of nitrogens with zero attached hydrogens (tertiary/aromatic N) is 1. The van der Waals surface area contributed by atoms with Crippen molar-refractivity contribution in [3.63, 3.8) is 0 Å². The van der Waals surface area contributed by atoms with Gasteiger partial charge >= 0.3 is 0 Å². The lowest BCUT2D eigenvalue weighted by molar-refractivity contribution is -0.114. The molecule has 0 unspecified atom stereocenters. The average Bonchev–Trinajstić information content (AvgIpc) is 2.59. The van der Waals surface area contributed by atoms with Gasteiger partial charge in [-0.3, -0.25) is 4.79 Å². The Bertz CT molecular complexity index is 412. The minimum absolute atomic E-state index is 0.0119. The highest BCUT2D eigenvalue weighted by Crippen LogP contribution is 2.27. The summed E-state index contributed by atoms with van der Waals surface area (Å²) in [5.74, 6) is -0.0119. The Labute approximate surface area is 96.5 Å². The van der Waals surface area contributed by atoms with Gasteiger partial charge in [-0.25, -0.2) is 0 Å². The third-order valence-electron chi connectivity index (χ3n) is 3.17. The van der Waals surface area contributed by atoms with Crippen molar-refractivity contribution in [1.82, 2.24) is 4.90 Å². The maximum Gasteiger partial charge on any atom is 0.221 e. The summed E-state index contributed by atoms with van der Waals surface area (Å²) in [7, 11) is 4.23. The van der Waals surface area contributed by atoms with Crippen LogP contribution in [0.25, 0.3) is 0 Å². The SMILES string of the molecule is CC(=O)Nc1ccc2c(c1)C[C@@H](N(C)C)C2. The first-order chi connectivity index (χ1) is 7.56. The van der Waals surface area contributed by atoms with Gasteiger partial charge in [0.05, 0.1) is 0 Å². The van der Waals surface area contributed by atoms with Crippen LogP contribution in [0.15, 0.2) is 18.2 Å². The second kappa shape index (κ2) is 4.26. The van der Waals surface area contributed by atoms with E-state index in [1.807, 2.05) is 6.07 Å². The molecule has 86 valence electrons. The zero-order valence-electron chi connectivity index (χ0n) is 10.1. The molecule has 1 aromatic carbocycles. The second-order valence-electron chi connectivity index (χ2n) is 4.69. The van der Waals surface area contributed by atoms with Crippen LogP contribution in [0.3, 0.4) is 0 Å². The summed E-state index contributed by atoms with van der Waals surface area (Å²) < 4.78 is 0.